The number of rotatable bonds is 2. The van der Waals surface area contributed by atoms with Crippen LogP contribution in [0.2, 0.25) is 0 Å². The first-order valence-electron chi connectivity index (χ1n) is 4.35. The highest BCUT2D eigenvalue weighted by atomic mass is 79.9. The van der Waals surface area contributed by atoms with Crippen LogP contribution in [0.15, 0.2) is 16.6 Å². The highest BCUT2D eigenvalue weighted by molar-refractivity contribution is 9.10. The summed E-state index contributed by atoms with van der Waals surface area (Å²) in [7, 11) is 0. The Hall–Kier alpha value is -0.980. The van der Waals surface area contributed by atoms with Gasteiger partial charge in [0.2, 0.25) is 0 Å². The van der Waals surface area contributed by atoms with Crippen LogP contribution in [0, 0.1) is 0 Å². The van der Waals surface area contributed by atoms with Gasteiger partial charge in [-0.1, -0.05) is 15.9 Å². The number of hydrogen-bond acceptors (Lipinski definition) is 1. The lowest BCUT2D eigenvalue weighted by atomic mass is 9.98. The number of carbonyl (C=O) groups is 1. The normalized spacial score (nSPS) is 12.0. The third-order valence-electron chi connectivity index (χ3n) is 2.07. The summed E-state index contributed by atoms with van der Waals surface area (Å²) in [6, 6.07) is 1.88. The fourth-order valence-corrected chi connectivity index (χ4v) is 1.91. The molecule has 1 aromatic rings. The largest absolute Gasteiger partial charge is 0.417 e. The van der Waals surface area contributed by atoms with E-state index in [1.54, 1.807) is 0 Å². The van der Waals surface area contributed by atoms with Gasteiger partial charge < -0.3 is 0 Å². The molecule has 1 aromatic carbocycles. The van der Waals surface area contributed by atoms with Crippen molar-refractivity contribution in [3.05, 3.63) is 33.3 Å². The quantitative estimate of drug-likeness (QED) is 0.575. The van der Waals surface area contributed by atoms with Gasteiger partial charge in [-0.15, -0.1) is 0 Å². The van der Waals surface area contributed by atoms with Crippen LogP contribution in [-0.4, -0.2) is 5.78 Å². The lowest BCUT2D eigenvalue weighted by Crippen LogP contribution is -2.16. The molecule has 0 N–H and O–H groups in total. The lowest BCUT2D eigenvalue weighted by molar-refractivity contribution is -0.139. The van der Waals surface area contributed by atoms with Crippen molar-refractivity contribution in [2.45, 2.75) is 19.5 Å². The number of ketones is 1. The monoisotopic (exact) mass is 316 g/mol. The number of Topliss-reactive ketones (excluding diaryl/α,β-unsaturated/α-hetero) is 1. The van der Waals surface area contributed by atoms with Crippen LogP contribution in [-0.2, 0) is 6.18 Å². The van der Waals surface area contributed by atoms with E-state index in [0.29, 0.717) is 0 Å². The van der Waals surface area contributed by atoms with Gasteiger partial charge in [0.05, 0.1) is 5.56 Å². The van der Waals surface area contributed by atoms with Crippen LogP contribution in [0.5, 0.6) is 0 Å². The molecule has 0 aliphatic rings. The fraction of sp³-hybridized carbons (Fsp3) is 0.300. The SMILES string of the molecule is CC(=O)c1ccc(Br)c(C(F)F)c1C(F)(F)F. The molecule has 0 saturated carbocycles. The number of carbonyl (C=O) groups excluding carboxylic acids is 1. The summed E-state index contributed by atoms with van der Waals surface area (Å²) in [5.74, 6) is -0.910. The summed E-state index contributed by atoms with van der Waals surface area (Å²) in [6.07, 6.45) is -8.32. The summed E-state index contributed by atoms with van der Waals surface area (Å²) < 4.78 is 63.0. The van der Waals surface area contributed by atoms with Gasteiger partial charge in [-0.2, -0.15) is 13.2 Å². The second-order valence-corrected chi connectivity index (χ2v) is 4.09. The lowest BCUT2D eigenvalue weighted by Gasteiger charge is -2.17. The first-order chi connectivity index (χ1) is 7.66. The molecule has 0 saturated heterocycles. The Labute approximate surface area is 102 Å². The maximum Gasteiger partial charge on any atom is 0.417 e. The van der Waals surface area contributed by atoms with Crippen molar-refractivity contribution >= 4 is 21.7 Å². The van der Waals surface area contributed by atoms with E-state index >= 15 is 0 Å². The number of hydrogen-bond donors (Lipinski definition) is 0. The Morgan fingerprint density at radius 1 is 1.29 bits per heavy atom. The van der Waals surface area contributed by atoms with E-state index in [9.17, 15) is 26.7 Å². The van der Waals surface area contributed by atoms with Gasteiger partial charge in [-0.25, -0.2) is 8.78 Å². The minimum Gasteiger partial charge on any atom is -0.294 e. The van der Waals surface area contributed by atoms with Crippen LogP contribution in [0.4, 0.5) is 22.0 Å². The molecule has 7 heteroatoms. The highest BCUT2D eigenvalue weighted by Crippen LogP contribution is 2.42. The minimum atomic E-state index is -5.00. The molecule has 94 valence electrons. The zero-order valence-electron chi connectivity index (χ0n) is 8.41. The number of alkyl halides is 5. The molecule has 0 aliphatic heterocycles. The highest BCUT2D eigenvalue weighted by Gasteiger charge is 2.40. The number of benzene rings is 1. The van der Waals surface area contributed by atoms with Crippen LogP contribution in [0.1, 0.15) is 34.8 Å². The molecule has 1 rings (SSSR count). The second-order valence-electron chi connectivity index (χ2n) is 3.24. The van der Waals surface area contributed by atoms with E-state index in [1.165, 1.54) is 0 Å². The van der Waals surface area contributed by atoms with E-state index in [-0.39, 0.29) is 4.47 Å². The van der Waals surface area contributed by atoms with E-state index in [0.717, 1.165) is 19.1 Å². The Kier molecular flexibility index (Phi) is 3.91. The van der Waals surface area contributed by atoms with Crippen LogP contribution in [0.25, 0.3) is 0 Å². The zero-order valence-corrected chi connectivity index (χ0v) is 9.99. The topological polar surface area (TPSA) is 17.1 Å². The Bertz CT molecular complexity index is 453. The molecule has 0 fully saturated rings. The third kappa shape index (κ3) is 2.83. The smallest absolute Gasteiger partial charge is 0.294 e. The first-order valence-corrected chi connectivity index (χ1v) is 5.14. The second kappa shape index (κ2) is 4.72. The molecule has 0 aromatic heterocycles. The molecular formula is C10H6BrF5O. The van der Waals surface area contributed by atoms with E-state index in [1.807, 2.05) is 0 Å². The predicted molar refractivity (Wildman–Crippen MR) is 54.1 cm³/mol. The van der Waals surface area contributed by atoms with E-state index < -0.39 is 35.1 Å². The van der Waals surface area contributed by atoms with Gasteiger partial charge in [0.1, 0.15) is 0 Å². The molecule has 0 bridgehead atoms. The molecule has 0 radical (unpaired) electrons. The maximum absolute atomic E-state index is 12.7. The van der Waals surface area contributed by atoms with Crippen molar-refractivity contribution in [1.82, 2.24) is 0 Å². The standard InChI is InChI=1S/C10H6BrF5O/c1-4(17)5-2-3-6(11)7(9(12)13)8(5)10(14,15)16/h2-3,9H,1H3. The van der Waals surface area contributed by atoms with Crippen molar-refractivity contribution in [1.29, 1.82) is 0 Å². The van der Waals surface area contributed by atoms with Gasteiger partial charge in [0.15, 0.2) is 5.78 Å². The molecule has 0 unspecified atom stereocenters. The molecule has 17 heavy (non-hydrogen) atoms. The Morgan fingerprint density at radius 2 is 1.82 bits per heavy atom. The summed E-state index contributed by atoms with van der Waals surface area (Å²) in [6.45, 7) is 0.897. The molecule has 0 atom stereocenters. The van der Waals surface area contributed by atoms with Crippen LogP contribution >= 0.6 is 15.9 Å². The molecule has 0 heterocycles. The molecule has 0 amide bonds. The van der Waals surface area contributed by atoms with Crippen molar-refractivity contribution in [2.75, 3.05) is 0 Å². The number of halogens is 6. The van der Waals surface area contributed by atoms with Crippen molar-refractivity contribution < 1.29 is 26.7 Å². The van der Waals surface area contributed by atoms with E-state index in [2.05, 4.69) is 15.9 Å². The Morgan fingerprint density at radius 3 is 2.18 bits per heavy atom. The van der Waals surface area contributed by atoms with Crippen molar-refractivity contribution in [3.63, 3.8) is 0 Å². The van der Waals surface area contributed by atoms with Gasteiger partial charge in [-0.3, -0.25) is 4.79 Å². The average molecular weight is 317 g/mol. The van der Waals surface area contributed by atoms with Gasteiger partial charge in [0, 0.05) is 15.6 Å². The molecular weight excluding hydrogens is 311 g/mol. The van der Waals surface area contributed by atoms with Gasteiger partial charge in [0.25, 0.3) is 6.43 Å². The summed E-state index contributed by atoms with van der Waals surface area (Å²) in [4.78, 5) is 11.0. The van der Waals surface area contributed by atoms with Crippen molar-refractivity contribution in [3.8, 4) is 0 Å². The van der Waals surface area contributed by atoms with Gasteiger partial charge >= 0.3 is 6.18 Å². The molecule has 0 spiro atoms. The summed E-state index contributed by atoms with van der Waals surface area (Å²) in [5.41, 5.74) is -3.53. The van der Waals surface area contributed by atoms with Gasteiger partial charge in [-0.05, 0) is 19.1 Å². The predicted octanol–water partition coefficient (Wildman–Crippen LogP) is 4.61. The van der Waals surface area contributed by atoms with E-state index in [4.69, 9.17) is 0 Å². The maximum atomic E-state index is 12.7. The van der Waals surface area contributed by atoms with Crippen LogP contribution < -0.4 is 0 Å². The zero-order chi connectivity index (χ0) is 13.4. The summed E-state index contributed by atoms with van der Waals surface area (Å²) in [5, 5.41) is 0. The average Bonchev–Trinajstić information content (AvgIpc) is 2.14. The molecule has 0 aliphatic carbocycles. The first kappa shape index (κ1) is 14.1. The van der Waals surface area contributed by atoms with Crippen LogP contribution in [0.3, 0.4) is 0 Å². The minimum absolute atomic E-state index is 0.371. The molecule has 1 nitrogen and oxygen atoms in total. The van der Waals surface area contributed by atoms with Crippen molar-refractivity contribution in [2.24, 2.45) is 0 Å². The fourth-order valence-electron chi connectivity index (χ4n) is 1.41. The third-order valence-corrected chi connectivity index (χ3v) is 2.76. The summed E-state index contributed by atoms with van der Waals surface area (Å²) >= 11 is 2.63. The Balaban J connectivity index is 3.68.